The number of hydrogen-bond acceptors (Lipinski definition) is 5. The third-order valence-electron chi connectivity index (χ3n) is 6.49. The number of fused-ring (bicyclic) bond motifs is 1. The zero-order valence-electron chi connectivity index (χ0n) is 20.2. The summed E-state index contributed by atoms with van der Waals surface area (Å²) in [5, 5.41) is 15.4. The van der Waals surface area contributed by atoms with Gasteiger partial charge in [0.25, 0.3) is 0 Å². The number of nitrogens with zero attached hydrogens (tertiary/aromatic N) is 2. The van der Waals surface area contributed by atoms with Gasteiger partial charge in [0.2, 0.25) is 0 Å². The molecule has 2 unspecified atom stereocenters. The van der Waals surface area contributed by atoms with E-state index < -0.39 is 5.97 Å². The molecule has 0 radical (unpaired) electrons. The number of aromatic nitrogens is 1. The van der Waals surface area contributed by atoms with Gasteiger partial charge in [-0.2, -0.15) is 0 Å². The highest BCUT2D eigenvalue weighted by Crippen LogP contribution is 2.35. The van der Waals surface area contributed by atoms with Gasteiger partial charge in [0, 0.05) is 17.1 Å². The summed E-state index contributed by atoms with van der Waals surface area (Å²) in [6.45, 7) is 4.51. The molecule has 3 aromatic carbocycles. The summed E-state index contributed by atoms with van der Waals surface area (Å²) in [7, 11) is 0. The Morgan fingerprint density at radius 1 is 1.03 bits per heavy atom. The maximum absolute atomic E-state index is 11.5. The maximum Gasteiger partial charge on any atom is 0.336 e. The second-order valence-electron chi connectivity index (χ2n) is 9.22. The van der Waals surface area contributed by atoms with E-state index in [0.717, 1.165) is 11.1 Å². The predicted molar refractivity (Wildman–Crippen MR) is 146 cm³/mol. The van der Waals surface area contributed by atoms with Gasteiger partial charge in [-0.3, -0.25) is 4.98 Å². The van der Waals surface area contributed by atoms with Gasteiger partial charge in [-0.25, -0.2) is 4.79 Å². The third-order valence-corrected chi connectivity index (χ3v) is 7.12. The van der Waals surface area contributed by atoms with Gasteiger partial charge >= 0.3 is 5.97 Å². The lowest BCUT2D eigenvalue weighted by atomic mass is 9.87. The molecular formula is C29H24Cl2N2O4. The Kier molecular flexibility index (Phi) is 7.04. The molecule has 0 fully saturated rings. The first-order valence-corrected chi connectivity index (χ1v) is 12.6. The summed E-state index contributed by atoms with van der Waals surface area (Å²) in [5.74, 6) is -0.206. The van der Waals surface area contributed by atoms with Crippen molar-refractivity contribution in [2.45, 2.75) is 20.0 Å². The van der Waals surface area contributed by atoms with Crippen LogP contribution in [0.1, 0.15) is 29.8 Å². The van der Waals surface area contributed by atoms with E-state index in [1.807, 2.05) is 36.4 Å². The Labute approximate surface area is 224 Å². The average molecular weight is 535 g/mol. The molecule has 1 aromatic heterocycles. The fraction of sp³-hybridized carbons (Fsp3) is 0.207. The highest BCUT2D eigenvalue weighted by Gasteiger charge is 2.39. The molecule has 37 heavy (non-hydrogen) atoms. The molecule has 2 heterocycles. The Morgan fingerprint density at radius 3 is 2.41 bits per heavy atom. The number of carboxylic acids is 1. The fourth-order valence-electron chi connectivity index (χ4n) is 4.59. The molecule has 0 saturated carbocycles. The number of carboxylic acid groups (broad SMARTS) is 1. The minimum Gasteiger partial charge on any atom is -0.493 e. The van der Waals surface area contributed by atoms with Crippen LogP contribution in [-0.4, -0.2) is 34.5 Å². The molecule has 6 nitrogen and oxygen atoms in total. The topological polar surface area (TPSA) is 81.0 Å². The Bertz CT molecular complexity index is 1480. The molecule has 0 saturated heterocycles. The monoisotopic (exact) mass is 534 g/mol. The highest BCUT2D eigenvalue weighted by atomic mass is 35.5. The number of hydrogen-bond donors (Lipinski definition) is 1. The number of carbonyl (C=O) groups is 1. The molecule has 8 heteroatoms. The van der Waals surface area contributed by atoms with Crippen LogP contribution in [0.2, 0.25) is 10.0 Å². The van der Waals surface area contributed by atoms with E-state index in [0.29, 0.717) is 44.6 Å². The van der Waals surface area contributed by atoms with Crippen LogP contribution in [0.5, 0.6) is 5.75 Å². The molecule has 0 bridgehead atoms. The van der Waals surface area contributed by atoms with Crippen molar-refractivity contribution < 1.29 is 19.5 Å². The zero-order valence-corrected chi connectivity index (χ0v) is 21.7. The van der Waals surface area contributed by atoms with Crippen molar-refractivity contribution in [3.8, 4) is 16.9 Å². The van der Waals surface area contributed by atoms with E-state index in [9.17, 15) is 9.90 Å². The summed E-state index contributed by atoms with van der Waals surface area (Å²) in [4.78, 5) is 21.6. The maximum atomic E-state index is 11.5. The van der Waals surface area contributed by atoms with Crippen LogP contribution in [0.3, 0.4) is 0 Å². The minimum atomic E-state index is -0.973. The number of pyridine rings is 1. The number of benzene rings is 3. The quantitative estimate of drug-likeness (QED) is 0.267. The van der Waals surface area contributed by atoms with E-state index in [4.69, 9.17) is 32.8 Å². The van der Waals surface area contributed by atoms with Crippen molar-refractivity contribution in [3.05, 3.63) is 94.1 Å². The fourth-order valence-corrected chi connectivity index (χ4v) is 5.18. The first-order chi connectivity index (χ1) is 17.8. The Morgan fingerprint density at radius 2 is 1.73 bits per heavy atom. The number of rotatable bonds is 7. The van der Waals surface area contributed by atoms with Gasteiger partial charge in [0.1, 0.15) is 24.2 Å². The lowest BCUT2D eigenvalue weighted by molar-refractivity contribution is 0.0178. The molecule has 1 N–H and O–H groups in total. The van der Waals surface area contributed by atoms with E-state index in [1.54, 1.807) is 24.3 Å². The van der Waals surface area contributed by atoms with Crippen LogP contribution < -0.4 is 4.74 Å². The molecule has 2 atom stereocenters. The molecular weight excluding hydrogens is 511 g/mol. The molecule has 0 aliphatic carbocycles. The second-order valence-corrected chi connectivity index (χ2v) is 10.0. The molecule has 1 aliphatic rings. The van der Waals surface area contributed by atoms with E-state index in [-0.39, 0.29) is 23.5 Å². The molecule has 4 aromatic rings. The van der Waals surface area contributed by atoms with Crippen LogP contribution in [0, 0.1) is 11.8 Å². The first kappa shape index (κ1) is 25.1. The van der Waals surface area contributed by atoms with E-state index in [1.165, 1.54) is 12.3 Å². The summed E-state index contributed by atoms with van der Waals surface area (Å²) < 4.78 is 6.18. The van der Waals surface area contributed by atoms with Crippen LogP contribution >= 0.6 is 23.2 Å². The van der Waals surface area contributed by atoms with Gasteiger partial charge in [0.15, 0.2) is 0 Å². The third kappa shape index (κ3) is 4.99. The number of aromatic carboxylic acids is 1. The lowest BCUT2D eigenvalue weighted by Gasteiger charge is -2.23. The van der Waals surface area contributed by atoms with Crippen molar-refractivity contribution in [2.75, 3.05) is 6.61 Å². The summed E-state index contributed by atoms with van der Waals surface area (Å²) in [5.41, 5.74) is 4.12. The van der Waals surface area contributed by atoms with Crippen LogP contribution in [0.25, 0.3) is 22.0 Å². The molecule has 188 valence electrons. The summed E-state index contributed by atoms with van der Waals surface area (Å²) in [6.07, 6.45) is 1.35. The lowest BCUT2D eigenvalue weighted by Crippen LogP contribution is -2.33. The van der Waals surface area contributed by atoms with Gasteiger partial charge in [-0.1, -0.05) is 72.5 Å². The van der Waals surface area contributed by atoms with Crippen molar-refractivity contribution in [1.82, 2.24) is 4.98 Å². The SMILES string of the molecule is CC(C)C1ON=C(c2c(Cl)cccc2Cl)C1COc1ccc(-c2ccc3c(C(=O)O)ccnc3c2)cc1. The van der Waals surface area contributed by atoms with Gasteiger partial charge < -0.3 is 14.7 Å². The van der Waals surface area contributed by atoms with E-state index >= 15 is 0 Å². The van der Waals surface area contributed by atoms with Crippen molar-refractivity contribution in [1.29, 1.82) is 0 Å². The van der Waals surface area contributed by atoms with Crippen molar-refractivity contribution >= 4 is 45.8 Å². The smallest absolute Gasteiger partial charge is 0.336 e. The highest BCUT2D eigenvalue weighted by molar-refractivity contribution is 6.40. The number of ether oxygens (including phenoxy) is 1. The summed E-state index contributed by atoms with van der Waals surface area (Å²) in [6, 6.07) is 20.2. The van der Waals surface area contributed by atoms with Gasteiger partial charge in [-0.15, -0.1) is 0 Å². The average Bonchev–Trinajstić information content (AvgIpc) is 3.30. The second kappa shape index (κ2) is 10.4. The van der Waals surface area contributed by atoms with Crippen LogP contribution in [-0.2, 0) is 4.84 Å². The number of oxime groups is 1. The van der Waals surface area contributed by atoms with Crippen molar-refractivity contribution in [2.24, 2.45) is 17.0 Å². The molecule has 1 aliphatic heterocycles. The molecule has 0 amide bonds. The zero-order chi connectivity index (χ0) is 26.1. The predicted octanol–water partition coefficient (Wildman–Crippen LogP) is 7.36. The largest absolute Gasteiger partial charge is 0.493 e. The normalized spacial score (nSPS) is 17.1. The van der Waals surface area contributed by atoms with Crippen LogP contribution in [0.15, 0.2) is 78.1 Å². The van der Waals surface area contributed by atoms with Crippen molar-refractivity contribution in [3.63, 3.8) is 0 Å². The summed E-state index contributed by atoms with van der Waals surface area (Å²) >= 11 is 12.9. The standard InChI is InChI=1S/C29H24Cl2N2O4/c1-16(2)28-22(27(33-37-28)26-23(30)4-3-5-24(26)31)15-36-19-9-6-17(7-10-19)18-8-11-20-21(29(34)35)12-13-32-25(20)14-18/h3-14,16,22,28H,15H2,1-2H3,(H,34,35). The van der Waals surface area contributed by atoms with Gasteiger partial charge in [-0.05, 0) is 53.4 Å². The number of halogens is 2. The van der Waals surface area contributed by atoms with Gasteiger partial charge in [0.05, 0.1) is 27.0 Å². The Hall–Kier alpha value is -3.61. The minimum absolute atomic E-state index is 0.146. The van der Waals surface area contributed by atoms with Crippen LogP contribution in [0.4, 0.5) is 0 Å². The molecule has 0 spiro atoms. The Balaban J connectivity index is 1.35. The molecule has 5 rings (SSSR count). The van der Waals surface area contributed by atoms with E-state index in [2.05, 4.69) is 24.0 Å². The first-order valence-electron chi connectivity index (χ1n) is 11.9.